The fourth-order valence-electron chi connectivity index (χ4n) is 4.06. The minimum Gasteiger partial charge on any atom is -0.495 e. The van der Waals surface area contributed by atoms with Crippen LogP contribution in [0.15, 0.2) is 41.3 Å². The topological polar surface area (TPSA) is 53.1 Å². The number of likely N-dealkylation sites (N-methyl/N-ethyl adjacent to an activating group) is 1. The Hall–Kier alpha value is -2.32. The number of methoxy groups -OCH3 is 1. The molecule has 0 aliphatic carbocycles. The largest absolute Gasteiger partial charge is 0.495 e. The lowest BCUT2D eigenvalue weighted by atomic mass is 10.0. The van der Waals surface area contributed by atoms with E-state index in [1.165, 1.54) is 10.4 Å². The van der Waals surface area contributed by atoms with Gasteiger partial charge in [0.2, 0.25) is 0 Å². The molecule has 1 saturated heterocycles. The van der Waals surface area contributed by atoms with Crippen molar-refractivity contribution in [3.63, 3.8) is 0 Å². The zero-order valence-electron chi connectivity index (χ0n) is 16.8. The van der Waals surface area contributed by atoms with E-state index in [1.807, 2.05) is 0 Å². The van der Waals surface area contributed by atoms with E-state index in [1.54, 1.807) is 37.4 Å². The summed E-state index contributed by atoms with van der Waals surface area (Å²) in [4.78, 5) is 4.53. The minimum absolute atomic E-state index is 0.156. The molecule has 6 nitrogen and oxygen atoms in total. The predicted molar refractivity (Wildman–Crippen MR) is 112 cm³/mol. The van der Waals surface area contributed by atoms with E-state index in [0.717, 1.165) is 37.4 Å². The van der Waals surface area contributed by atoms with Gasteiger partial charge < -0.3 is 14.5 Å². The summed E-state index contributed by atoms with van der Waals surface area (Å²) in [5.74, 6) is 0.136. The van der Waals surface area contributed by atoms with Gasteiger partial charge >= 0.3 is 0 Å². The molecule has 1 fully saturated rings. The Morgan fingerprint density at radius 3 is 2.52 bits per heavy atom. The average Bonchev–Trinajstić information content (AvgIpc) is 2.73. The number of rotatable bonds is 4. The van der Waals surface area contributed by atoms with Gasteiger partial charge in [0.15, 0.2) is 0 Å². The summed E-state index contributed by atoms with van der Waals surface area (Å²) in [6, 6.07) is 9.63. The maximum absolute atomic E-state index is 14.6. The van der Waals surface area contributed by atoms with Crippen LogP contribution >= 0.6 is 0 Å². The van der Waals surface area contributed by atoms with Crippen molar-refractivity contribution in [1.82, 2.24) is 4.90 Å². The van der Waals surface area contributed by atoms with E-state index in [9.17, 15) is 12.8 Å². The van der Waals surface area contributed by atoms with Gasteiger partial charge in [-0.25, -0.2) is 12.8 Å². The number of piperazine rings is 1. The predicted octanol–water partition coefficient (Wildman–Crippen LogP) is 2.73. The Bertz CT molecular complexity index is 1000. The third kappa shape index (κ3) is 3.67. The molecule has 0 unspecified atom stereocenters. The summed E-state index contributed by atoms with van der Waals surface area (Å²) in [7, 11) is -0.244. The molecule has 0 amide bonds. The quantitative estimate of drug-likeness (QED) is 0.763. The Labute approximate surface area is 171 Å². The van der Waals surface area contributed by atoms with E-state index in [4.69, 9.17) is 4.74 Å². The first-order chi connectivity index (χ1) is 13.9. The highest BCUT2D eigenvalue weighted by Gasteiger charge is 2.32. The second-order valence-electron chi connectivity index (χ2n) is 7.55. The number of ether oxygens (including phenoxy) is 1. The molecule has 156 valence electrons. The summed E-state index contributed by atoms with van der Waals surface area (Å²) >= 11 is 0. The van der Waals surface area contributed by atoms with Crippen LogP contribution < -0.4 is 13.9 Å². The van der Waals surface area contributed by atoms with Crippen LogP contribution in [0.4, 0.5) is 15.8 Å². The Kier molecular flexibility index (Phi) is 5.40. The molecule has 2 aliphatic heterocycles. The molecule has 8 heteroatoms. The van der Waals surface area contributed by atoms with E-state index < -0.39 is 15.8 Å². The smallest absolute Gasteiger partial charge is 0.264 e. The van der Waals surface area contributed by atoms with E-state index in [-0.39, 0.29) is 17.1 Å². The highest BCUT2D eigenvalue weighted by Crippen LogP contribution is 2.37. The number of nitrogens with zero attached hydrogens (tertiary/aromatic N) is 3. The van der Waals surface area contributed by atoms with Gasteiger partial charge in [-0.3, -0.25) is 4.31 Å². The summed E-state index contributed by atoms with van der Waals surface area (Å²) in [5, 5.41) is 0. The lowest BCUT2D eigenvalue weighted by Gasteiger charge is -2.35. The minimum atomic E-state index is -3.89. The SMILES string of the molecule is COc1ccc(S(=O)(=O)N2CCCc3cccc(F)c32)cc1N1CCN(C)CC1. The van der Waals surface area contributed by atoms with Gasteiger partial charge in [0.25, 0.3) is 10.0 Å². The number of sulfonamides is 1. The van der Waals surface area contributed by atoms with Crippen molar-refractivity contribution < 1.29 is 17.5 Å². The van der Waals surface area contributed by atoms with Crippen LogP contribution in [0.25, 0.3) is 0 Å². The second-order valence-corrected chi connectivity index (χ2v) is 9.41. The number of fused-ring (bicyclic) bond motifs is 1. The third-order valence-electron chi connectivity index (χ3n) is 5.71. The Morgan fingerprint density at radius 1 is 1.03 bits per heavy atom. The number of benzene rings is 2. The molecule has 0 N–H and O–H groups in total. The van der Waals surface area contributed by atoms with Crippen LogP contribution in [0.5, 0.6) is 5.75 Å². The molecular formula is C21H26FN3O3S. The van der Waals surface area contributed by atoms with Crippen molar-refractivity contribution >= 4 is 21.4 Å². The van der Waals surface area contributed by atoms with Gasteiger partial charge in [-0.2, -0.15) is 0 Å². The molecule has 0 aromatic heterocycles. The number of para-hydroxylation sites is 1. The Balaban J connectivity index is 1.74. The normalized spacial score (nSPS) is 17.9. The van der Waals surface area contributed by atoms with Crippen molar-refractivity contribution in [3.8, 4) is 5.75 Å². The van der Waals surface area contributed by atoms with Gasteiger partial charge in [-0.1, -0.05) is 12.1 Å². The molecule has 0 saturated carbocycles. The molecular weight excluding hydrogens is 393 g/mol. The second kappa shape index (κ2) is 7.84. The van der Waals surface area contributed by atoms with Gasteiger partial charge in [-0.05, 0) is 49.7 Å². The standard InChI is InChI=1S/C21H26FN3O3S/c1-23-11-13-24(14-12-23)19-15-17(8-9-20(19)28-2)29(26,27)25-10-4-6-16-5-3-7-18(22)21(16)25/h3,5,7-9,15H,4,6,10-14H2,1-2H3. The fourth-order valence-corrected chi connectivity index (χ4v) is 5.63. The third-order valence-corrected chi connectivity index (χ3v) is 7.50. The molecule has 0 radical (unpaired) electrons. The molecule has 2 aromatic rings. The molecule has 2 heterocycles. The van der Waals surface area contributed by atoms with Gasteiger partial charge in [0, 0.05) is 32.7 Å². The molecule has 0 atom stereocenters. The molecule has 2 aliphatic rings. The molecule has 4 rings (SSSR count). The monoisotopic (exact) mass is 419 g/mol. The van der Waals surface area contributed by atoms with Crippen molar-refractivity contribution in [2.24, 2.45) is 0 Å². The van der Waals surface area contributed by atoms with Crippen molar-refractivity contribution in [1.29, 1.82) is 0 Å². The number of aryl methyl sites for hydroxylation is 1. The Morgan fingerprint density at radius 2 is 1.79 bits per heavy atom. The molecule has 2 aromatic carbocycles. The van der Waals surface area contributed by atoms with E-state index >= 15 is 0 Å². The average molecular weight is 420 g/mol. The number of halogens is 1. The highest BCUT2D eigenvalue weighted by atomic mass is 32.2. The zero-order valence-corrected chi connectivity index (χ0v) is 17.6. The van der Waals surface area contributed by atoms with Gasteiger partial charge in [0.1, 0.15) is 11.6 Å². The van der Waals surface area contributed by atoms with E-state index in [2.05, 4.69) is 16.8 Å². The first-order valence-electron chi connectivity index (χ1n) is 9.83. The molecule has 0 bridgehead atoms. The van der Waals surface area contributed by atoms with Crippen molar-refractivity contribution in [2.75, 3.05) is 56.1 Å². The van der Waals surface area contributed by atoms with Crippen LogP contribution in [0.3, 0.4) is 0 Å². The number of hydrogen-bond acceptors (Lipinski definition) is 5. The van der Waals surface area contributed by atoms with E-state index in [0.29, 0.717) is 18.6 Å². The van der Waals surface area contributed by atoms with Crippen molar-refractivity contribution in [3.05, 3.63) is 47.8 Å². The molecule has 29 heavy (non-hydrogen) atoms. The lowest BCUT2D eigenvalue weighted by molar-refractivity contribution is 0.311. The van der Waals surface area contributed by atoms with Gasteiger partial charge in [0.05, 0.1) is 23.4 Å². The highest BCUT2D eigenvalue weighted by molar-refractivity contribution is 7.92. The summed E-state index contributed by atoms with van der Waals surface area (Å²) < 4.78 is 48.2. The number of anilines is 2. The van der Waals surface area contributed by atoms with Gasteiger partial charge in [-0.15, -0.1) is 0 Å². The van der Waals surface area contributed by atoms with Crippen LogP contribution in [-0.2, 0) is 16.4 Å². The van der Waals surface area contributed by atoms with Crippen LogP contribution in [0.1, 0.15) is 12.0 Å². The first kappa shape index (κ1) is 20.0. The summed E-state index contributed by atoms with van der Waals surface area (Å²) in [6.07, 6.45) is 1.34. The van der Waals surface area contributed by atoms with Crippen LogP contribution in [-0.4, -0.2) is 60.2 Å². The maximum Gasteiger partial charge on any atom is 0.264 e. The number of hydrogen-bond donors (Lipinski definition) is 0. The zero-order chi connectivity index (χ0) is 20.6. The first-order valence-corrected chi connectivity index (χ1v) is 11.3. The molecule has 0 spiro atoms. The van der Waals surface area contributed by atoms with Crippen LogP contribution in [0.2, 0.25) is 0 Å². The summed E-state index contributed by atoms with van der Waals surface area (Å²) in [6.45, 7) is 3.64. The lowest BCUT2D eigenvalue weighted by Crippen LogP contribution is -2.44. The van der Waals surface area contributed by atoms with Crippen molar-refractivity contribution in [2.45, 2.75) is 17.7 Å². The fraction of sp³-hybridized carbons (Fsp3) is 0.429. The maximum atomic E-state index is 14.6. The summed E-state index contributed by atoms with van der Waals surface area (Å²) in [5.41, 5.74) is 1.66. The van der Waals surface area contributed by atoms with Crippen LogP contribution in [0, 0.1) is 5.82 Å².